The summed E-state index contributed by atoms with van der Waals surface area (Å²) < 4.78 is 29.5. The third kappa shape index (κ3) is 17.8. The largest absolute Gasteiger partial charge is 0.461 e. The summed E-state index contributed by atoms with van der Waals surface area (Å²) in [7, 11) is 1.21. The molecule has 0 aromatic heterocycles. The maximum absolute atomic E-state index is 12.1. The number of carbonyl (C=O) groups is 6. The Balaban J connectivity index is 5.08. The predicted octanol–water partition coefficient (Wildman–Crippen LogP) is -0.758. The van der Waals surface area contributed by atoms with Gasteiger partial charge in [0.2, 0.25) is 0 Å². The van der Waals surface area contributed by atoms with Gasteiger partial charge in [-0.15, -0.1) is 0 Å². The van der Waals surface area contributed by atoms with Gasteiger partial charge in [0.05, 0.1) is 26.7 Å². The Hall–Kier alpha value is -4.64. The van der Waals surface area contributed by atoms with Gasteiger partial charge in [-0.25, -0.2) is 28.8 Å². The summed E-state index contributed by atoms with van der Waals surface area (Å²) in [6, 6.07) is 0. The first kappa shape index (κ1) is 35.4. The number of hydroxylamine groups is 1. The van der Waals surface area contributed by atoms with Crippen LogP contribution in [0.3, 0.4) is 0 Å². The summed E-state index contributed by atoms with van der Waals surface area (Å²) in [5, 5.41) is 6.97. The Morgan fingerprint density at radius 1 is 0.575 bits per heavy atom. The van der Waals surface area contributed by atoms with Crippen LogP contribution in [0.25, 0.3) is 0 Å². The number of carbonyl (C=O) groups excluding carboxylic acids is 6. The van der Waals surface area contributed by atoms with Crippen LogP contribution in [0.15, 0.2) is 38.0 Å². The van der Waals surface area contributed by atoms with E-state index in [2.05, 4.69) is 41.2 Å². The molecule has 0 saturated heterocycles. The summed E-state index contributed by atoms with van der Waals surface area (Å²) in [5.41, 5.74) is 0.865. The van der Waals surface area contributed by atoms with Crippen LogP contribution >= 0.6 is 0 Å². The van der Waals surface area contributed by atoms with E-state index in [4.69, 9.17) is 33.3 Å². The van der Waals surface area contributed by atoms with E-state index in [-0.39, 0.29) is 39.5 Å². The molecule has 0 aliphatic rings. The van der Waals surface area contributed by atoms with Crippen LogP contribution in [0.2, 0.25) is 0 Å². The number of nitrogens with one attached hydrogen (secondary N) is 4. The number of amides is 3. The van der Waals surface area contributed by atoms with Crippen molar-refractivity contribution in [3.8, 4) is 0 Å². The predicted molar refractivity (Wildman–Crippen MR) is 134 cm³/mol. The molecule has 0 bridgehead atoms. The van der Waals surface area contributed by atoms with E-state index < -0.39 is 61.5 Å². The number of hydrogen-bond acceptors (Lipinski definition) is 14. The quantitative estimate of drug-likeness (QED) is 0.0462. The Labute approximate surface area is 230 Å². The summed E-state index contributed by atoms with van der Waals surface area (Å²) in [5.74, 6) is -2.04. The highest BCUT2D eigenvalue weighted by Crippen LogP contribution is 2.10. The summed E-state index contributed by atoms with van der Waals surface area (Å²) in [4.78, 5) is 74.3. The van der Waals surface area contributed by atoms with Crippen LogP contribution in [-0.2, 0) is 47.6 Å². The number of ether oxygens (including phenoxy) is 6. The summed E-state index contributed by atoms with van der Waals surface area (Å²) >= 11 is 0. The first-order chi connectivity index (χ1) is 19.1. The van der Waals surface area contributed by atoms with Crippen molar-refractivity contribution in [1.29, 1.82) is 0 Å². The second-order valence-corrected chi connectivity index (χ2v) is 7.21. The molecular weight excluding hydrogens is 540 g/mol. The SMILES string of the molecule is C=CC(=O)OCCNC(=O)OCC(COC(=O)NCCOC(=O)C=C)(COC(=O)NCCOC(=O)C=C)NOC. The molecule has 17 nitrogen and oxygen atoms in total. The first-order valence-electron chi connectivity index (χ1n) is 11.5. The maximum Gasteiger partial charge on any atom is 0.407 e. The lowest BCUT2D eigenvalue weighted by molar-refractivity contribution is -0.138. The summed E-state index contributed by atoms with van der Waals surface area (Å²) in [6.07, 6.45) is 0.0299. The molecule has 40 heavy (non-hydrogen) atoms. The number of esters is 3. The molecule has 0 rings (SSSR count). The van der Waals surface area contributed by atoms with Crippen LogP contribution in [0, 0.1) is 0 Å². The van der Waals surface area contributed by atoms with Crippen LogP contribution < -0.4 is 21.4 Å². The third-order valence-corrected chi connectivity index (χ3v) is 4.10. The molecule has 4 N–H and O–H groups in total. The van der Waals surface area contributed by atoms with Gasteiger partial charge in [-0.3, -0.25) is 0 Å². The fourth-order valence-electron chi connectivity index (χ4n) is 2.28. The van der Waals surface area contributed by atoms with Gasteiger partial charge in [-0.2, -0.15) is 5.48 Å². The zero-order chi connectivity index (χ0) is 30.2. The fourth-order valence-corrected chi connectivity index (χ4v) is 2.28. The van der Waals surface area contributed by atoms with Crippen LogP contribution in [0.1, 0.15) is 0 Å². The standard InChI is InChI=1S/C23H34N4O13/c1-5-17(28)35-11-8-24-20(31)38-14-23(27-34-4,15-39-21(32)25-9-12-36-18(29)6-2)16-40-22(33)26-10-13-37-19(30)7-3/h5-7,27H,1-3,8-16H2,4H3,(H,24,31)(H,25,32)(H,26,33). The summed E-state index contributed by atoms with van der Waals surface area (Å²) in [6.45, 7) is 7.34. The van der Waals surface area contributed by atoms with E-state index in [0.717, 1.165) is 18.2 Å². The van der Waals surface area contributed by atoms with Gasteiger partial charge in [-0.05, 0) is 0 Å². The molecule has 0 aromatic carbocycles. The highest BCUT2D eigenvalue weighted by atomic mass is 16.7. The Kier molecular flexibility index (Phi) is 18.8. The second kappa shape index (κ2) is 21.3. The number of hydrogen-bond donors (Lipinski definition) is 4. The molecule has 0 atom stereocenters. The lowest BCUT2D eigenvalue weighted by Gasteiger charge is -2.31. The van der Waals surface area contributed by atoms with Gasteiger partial charge in [0.15, 0.2) is 0 Å². The molecule has 0 unspecified atom stereocenters. The smallest absolute Gasteiger partial charge is 0.407 e. The first-order valence-corrected chi connectivity index (χ1v) is 11.5. The molecule has 0 heterocycles. The van der Waals surface area contributed by atoms with Gasteiger partial charge < -0.3 is 49.2 Å². The molecule has 0 aliphatic heterocycles. The molecule has 0 spiro atoms. The van der Waals surface area contributed by atoms with Crippen molar-refractivity contribution >= 4 is 36.2 Å². The molecular formula is C23H34N4O13. The maximum atomic E-state index is 12.1. The minimum Gasteiger partial charge on any atom is -0.461 e. The molecule has 0 aromatic rings. The van der Waals surface area contributed by atoms with Gasteiger partial charge in [0, 0.05) is 18.2 Å². The number of rotatable bonds is 20. The van der Waals surface area contributed by atoms with E-state index in [1.165, 1.54) is 7.11 Å². The van der Waals surface area contributed by atoms with Crippen molar-refractivity contribution in [3.05, 3.63) is 38.0 Å². The lowest BCUT2D eigenvalue weighted by atomic mass is 10.1. The monoisotopic (exact) mass is 574 g/mol. The molecule has 3 amide bonds. The van der Waals surface area contributed by atoms with E-state index in [1.54, 1.807) is 0 Å². The van der Waals surface area contributed by atoms with Gasteiger partial charge in [0.25, 0.3) is 0 Å². The highest BCUT2D eigenvalue weighted by Gasteiger charge is 2.36. The molecule has 0 aliphatic carbocycles. The molecule has 0 fully saturated rings. The third-order valence-electron chi connectivity index (χ3n) is 4.10. The van der Waals surface area contributed by atoms with Crippen LogP contribution in [0.4, 0.5) is 14.4 Å². The van der Waals surface area contributed by atoms with Crippen LogP contribution in [-0.4, -0.2) is 108 Å². The minimum absolute atomic E-state index is 0.0895. The van der Waals surface area contributed by atoms with Crippen LogP contribution in [0.5, 0.6) is 0 Å². The molecule has 0 saturated carbocycles. The number of alkyl carbamates (subject to hydrolysis) is 3. The molecule has 224 valence electrons. The van der Waals surface area contributed by atoms with Crippen molar-refractivity contribution in [1.82, 2.24) is 21.4 Å². The van der Waals surface area contributed by atoms with Gasteiger partial charge in [0.1, 0.15) is 45.2 Å². The molecule has 0 radical (unpaired) electrons. The van der Waals surface area contributed by atoms with Crippen molar-refractivity contribution in [2.75, 3.05) is 66.4 Å². The minimum atomic E-state index is -1.61. The van der Waals surface area contributed by atoms with Crippen molar-refractivity contribution in [2.24, 2.45) is 0 Å². The zero-order valence-electron chi connectivity index (χ0n) is 22.0. The Bertz CT molecular complexity index is 787. The van der Waals surface area contributed by atoms with E-state index >= 15 is 0 Å². The van der Waals surface area contributed by atoms with Gasteiger partial charge >= 0.3 is 36.2 Å². The Morgan fingerprint density at radius 3 is 1.12 bits per heavy atom. The average Bonchev–Trinajstić information content (AvgIpc) is 2.95. The van der Waals surface area contributed by atoms with Crippen molar-refractivity contribution < 1.29 is 62.0 Å². The second-order valence-electron chi connectivity index (χ2n) is 7.21. The van der Waals surface area contributed by atoms with Crippen molar-refractivity contribution in [3.63, 3.8) is 0 Å². The Morgan fingerprint density at radius 2 is 0.875 bits per heavy atom. The molecule has 17 heteroatoms. The fraction of sp³-hybridized carbons (Fsp3) is 0.478. The average molecular weight is 575 g/mol. The topological polar surface area (TPSA) is 215 Å². The van der Waals surface area contributed by atoms with E-state index in [1.807, 2.05) is 0 Å². The van der Waals surface area contributed by atoms with E-state index in [0.29, 0.717) is 0 Å². The highest BCUT2D eigenvalue weighted by molar-refractivity contribution is 5.82. The van der Waals surface area contributed by atoms with Gasteiger partial charge in [-0.1, -0.05) is 19.7 Å². The lowest BCUT2D eigenvalue weighted by Crippen LogP contribution is -2.58. The van der Waals surface area contributed by atoms with E-state index in [9.17, 15) is 28.8 Å². The zero-order valence-corrected chi connectivity index (χ0v) is 22.0. The normalized spacial score (nSPS) is 10.1. The van der Waals surface area contributed by atoms with Crippen molar-refractivity contribution in [2.45, 2.75) is 5.54 Å².